The van der Waals surface area contributed by atoms with E-state index in [0.717, 1.165) is 36.3 Å². The van der Waals surface area contributed by atoms with Gasteiger partial charge in [0.05, 0.1) is 22.3 Å². The number of hydrogen-bond donors (Lipinski definition) is 1. The number of anilines is 1. The summed E-state index contributed by atoms with van der Waals surface area (Å²) < 4.78 is 0. The molecular formula is C20H20ClN5O. The number of carbonyl (C=O) groups is 1. The van der Waals surface area contributed by atoms with Gasteiger partial charge in [0, 0.05) is 42.6 Å². The Morgan fingerprint density at radius 1 is 1.33 bits per heavy atom. The molecule has 1 amide bonds. The summed E-state index contributed by atoms with van der Waals surface area (Å²) in [6, 6.07) is 7.38. The Balaban J connectivity index is 1.56. The number of rotatable bonds is 3. The van der Waals surface area contributed by atoms with Crippen LogP contribution in [0.4, 0.5) is 5.82 Å². The van der Waals surface area contributed by atoms with Crippen LogP contribution in [0.3, 0.4) is 0 Å². The Bertz CT molecular complexity index is 979. The van der Waals surface area contributed by atoms with Crippen molar-refractivity contribution in [2.45, 2.75) is 25.8 Å². The van der Waals surface area contributed by atoms with Crippen molar-refractivity contribution < 1.29 is 4.79 Å². The Hall–Kier alpha value is -2.73. The number of aromatic nitrogens is 3. The van der Waals surface area contributed by atoms with Crippen molar-refractivity contribution in [3.63, 3.8) is 0 Å². The van der Waals surface area contributed by atoms with E-state index in [1.807, 2.05) is 25.1 Å². The molecule has 1 fully saturated rings. The normalized spacial score (nSPS) is 17.1. The van der Waals surface area contributed by atoms with Gasteiger partial charge in [0.1, 0.15) is 5.82 Å². The van der Waals surface area contributed by atoms with Gasteiger partial charge in [-0.05, 0) is 31.9 Å². The molecule has 7 heteroatoms. The van der Waals surface area contributed by atoms with Crippen LogP contribution < -0.4 is 10.2 Å². The molecule has 3 heterocycles. The highest BCUT2D eigenvalue weighted by Crippen LogP contribution is 2.25. The molecule has 1 aromatic carbocycles. The molecule has 1 saturated heterocycles. The number of nitrogens with one attached hydrogen (secondary N) is 1. The van der Waals surface area contributed by atoms with E-state index in [9.17, 15) is 4.79 Å². The highest BCUT2D eigenvalue weighted by atomic mass is 35.5. The van der Waals surface area contributed by atoms with Gasteiger partial charge in [-0.2, -0.15) is 0 Å². The zero-order valence-corrected chi connectivity index (χ0v) is 15.8. The first-order valence-electron chi connectivity index (χ1n) is 8.99. The van der Waals surface area contributed by atoms with Gasteiger partial charge in [0.2, 0.25) is 0 Å². The largest absolute Gasteiger partial charge is 0.353 e. The van der Waals surface area contributed by atoms with Crippen LogP contribution in [0.25, 0.3) is 10.9 Å². The molecule has 0 radical (unpaired) electrons. The van der Waals surface area contributed by atoms with Crippen molar-refractivity contribution in [2.75, 3.05) is 18.0 Å². The molecule has 1 atom stereocenters. The van der Waals surface area contributed by atoms with E-state index in [-0.39, 0.29) is 11.9 Å². The first-order valence-corrected chi connectivity index (χ1v) is 9.37. The maximum absolute atomic E-state index is 13.0. The van der Waals surface area contributed by atoms with Crippen LogP contribution in [0.5, 0.6) is 0 Å². The first-order chi connectivity index (χ1) is 13.1. The van der Waals surface area contributed by atoms with Crippen LogP contribution >= 0.6 is 11.6 Å². The first kappa shape index (κ1) is 17.7. The van der Waals surface area contributed by atoms with Crippen molar-refractivity contribution in [1.29, 1.82) is 0 Å². The Labute approximate surface area is 162 Å². The fraction of sp³-hybridized carbons (Fsp3) is 0.300. The summed E-state index contributed by atoms with van der Waals surface area (Å²) in [5.74, 6) is 0.743. The minimum absolute atomic E-state index is 0.0518. The van der Waals surface area contributed by atoms with E-state index in [1.54, 1.807) is 24.7 Å². The molecule has 138 valence electrons. The summed E-state index contributed by atoms with van der Waals surface area (Å²) in [6.07, 6.45) is 7.03. The zero-order chi connectivity index (χ0) is 18.8. The minimum atomic E-state index is -0.0984. The van der Waals surface area contributed by atoms with Crippen molar-refractivity contribution in [2.24, 2.45) is 0 Å². The maximum atomic E-state index is 13.0. The highest BCUT2D eigenvalue weighted by molar-refractivity contribution is 6.35. The topological polar surface area (TPSA) is 71.0 Å². The molecule has 27 heavy (non-hydrogen) atoms. The number of nitrogens with zero attached hydrogens (tertiary/aromatic N) is 4. The van der Waals surface area contributed by atoms with Gasteiger partial charge in [-0.25, -0.2) is 4.98 Å². The summed E-state index contributed by atoms with van der Waals surface area (Å²) in [5, 5.41) is 4.50. The fourth-order valence-electron chi connectivity index (χ4n) is 3.55. The molecule has 2 aromatic heterocycles. The second-order valence-electron chi connectivity index (χ2n) is 6.77. The van der Waals surface area contributed by atoms with Gasteiger partial charge in [-0.1, -0.05) is 23.7 Å². The van der Waals surface area contributed by atoms with Crippen molar-refractivity contribution >= 4 is 34.2 Å². The molecular weight excluding hydrogens is 362 g/mol. The summed E-state index contributed by atoms with van der Waals surface area (Å²) in [5.41, 5.74) is 2.04. The van der Waals surface area contributed by atoms with Crippen LogP contribution in [0.15, 0.2) is 42.9 Å². The Morgan fingerprint density at radius 2 is 2.22 bits per heavy atom. The molecule has 0 saturated carbocycles. The van der Waals surface area contributed by atoms with Gasteiger partial charge >= 0.3 is 0 Å². The summed E-state index contributed by atoms with van der Waals surface area (Å²) in [4.78, 5) is 28.1. The standard InChI is InChI=1S/C20H20ClN5O/c1-13-10-16(15-5-2-6-17(21)19(15)24-13)20(27)25-14-4-3-9-26(12-14)18-11-22-7-8-23-18/h2,5-8,10-11,14H,3-4,9,12H2,1H3,(H,25,27). The van der Waals surface area contributed by atoms with Gasteiger partial charge in [0.25, 0.3) is 5.91 Å². The predicted molar refractivity (Wildman–Crippen MR) is 106 cm³/mol. The third kappa shape index (κ3) is 3.71. The second-order valence-corrected chi connectivity index (χ2v) is 7.18. The third-order valence-electron chi connectivity index (χ3n) is 4.79. The predicted octanol–water partition coefficient (Wildman–Crippen LogP) is 3.39. The third-order valence-corrected chi connectivity index (χ3v) is 5.10. The van der Waals surface area contributed by atoms with E-state index in [1.165, 1.54) is 0 Å². The van der Waals surface area contributed by atoms with Crippen LogP contribution in [-0.2, 0) is 0 Å². The lowest BCUT2D eigenvalue weighted by Gasteiger charge is -2.33. The van der Waals surface area contributed by atoms with Crippen LogP contribution in [0.1, 0.15) is 28.9 Å². The summed E-state index contributed by atoms with van der Waals surface area (Å²) in [7, 11) is 0. The number of halogens is 1. The molecule has 1 aliphatic rings. The molecule has 0 aliphatic carbocycles. The van der Waals surface area contributed by atoms with Crippen molar-refractivity contribution in [3.8, 4) is 0 Å². The quantitative estimate of drug-likeness (QED) is 0.753. The van der Waals surface area contributed by atoms with Gasteiger partial charge in [-0.3, -0.25) is 14.8 Å². The number of hydrogen-bond acceptors (Lipinski definition) is 5. The number of para-hydroxylation sites is 1. The summed E-state index contributed by atoms with van der Waals surface area (Å²) in [6.45, 7) is 3.50. The molecule has 0 spiro atoms. The van der Waals surface area contributed by atoms with Crippen molar-refractivity contribution in [3.05, 3.63) is 59.1 Å². The van der Waals surface area contributed by atoms with Crippen LogP contribution in [0.2, 0.25) is 5.02 Å². The average Bonchev–Trinajstić information content (AvgIpc) is 2.69. The summed E-state index contributed by atoms with van der Waals surface area (Å²) >= 11 is 6.27. The smallest absolute Gasteiger partial charge is 0.252 e. The maximum Gasteiger partial charge on any atom is 0.252 e. The molecule has 6 nitrogen and oxygen atoms in total. The van der Waals surface area contributed by atoms with Gasteiger partial charge in [-0.15, -0.1) is 0 Å². The number of amides is 1. The van der Waals surface area contributed by atoms with E-state index in [2.05, 4.69) is 25.2 Å². The lowest BCUT2D eigenvalue weighted by Crippen LogP contribution is -2.48. The fourth-order valence-corrected chi connectivity index (χ4v) is 3.77. The van der Waals surface area contributed by atoms with E-state index in [4.69, 9.17) is 11.6 Å². The van der Waals surface area contributed by atoms with Crippen LogP contribution in [0, 0.1) is 6.92 Å². The van der Waals surface area contributed by atoms with Crippen molar-refractivity contribution in [1.82, 2.24) is 20.3 Å². The molecule has 0 bridgehead atoms. The number of pyridine rings is 1. The van der Waals surface area contributed by atoms with Crippen LogP contribution in [-0.4, -0.2) is 40.0 Å². The lowest BCUT2D eigenvalue weighted by atomic mass is 10.0. The average molecular weight is 382 g/mol. The lowest BCUT2D eigenvalue weighted by molar-refractivity contribution is 0.0934. The molecule has 1 N–H and O–H groups in total. The number of benzene rings is 1. The van der Waals surface area contributed by atoms with E-state index < -0.39 is 0 Å². The monoisotopic (exact) mass is 381 g/mol. The van der Waals surface area contributed by atoms with Gasteiger partial charge < -0.3 is 10.2 Å². The van der Waals surface area contributed by atoms with Gasteiger partial charge in [0.15, 0.2) is 0 Å². The zero-order valence-electron chi connectivity index (χ0n) is 15.0. The number of aryl methyl sites for hydroxylation is 1. The Morgan fingerprint density at radius 3 is 3.04 bits per heavy atom. The highest BCUT2D eigenvalue weighted by Gasteiger charge is 2.24. The SMILES string of the molecule is Cc1cc(C(=O)NC2CCCN(c3cnccn3)C2)c2cccc(Cl)c2n1. The second kappa shape index (κ2) is 7.48. The van der Waals surface area contributed by atoms with E-state index >= 15 is 0 Å². The molecule has 4 rings (SSSR count). The number of piperidine rings is 1. The minimum Gasteiger partial charge on any atom is -0.353 e. The molecule has 1 unspecified atom stereocenters. The number of fused-ring (bicyclic) bond motifs is 1. The van der Waals surface area contributed by atoms with E-state index in [0.29, 0.717) is 22.6 Å². The number of carbonyl (C=O) groups excluding carboxylic acids is 1. The molecule has 3 aromatic rings. The molecule has 1 aliphatic heterocycles. The Kier molecular flexibility index (Phi) is 4.90.